The smallest absolute Gasteiger partial charge is 0.224 e. The summed E-state index contributed by atoms with van der Waals surface area (Å²) in [7, 11) is 1.46. The van der Waals surface area contributed by atoms with Crippen molar-refractivity contribution >= 4 is 5.91 Å². The number of amides is 1. The van der Waals surface area contributed by atoms with E-state index < -0.39 is 0 Å². The first kappa shape index (κ1) is 19.3. The van der Waals surface area contributed by atoms with E-state index in [4.69, 9.17) is 10.5 Å². The lowest BCUT2D eigenvalue weighted by Gasteiger charge is -2.35. The summed E-state index contributed by atoms with van der Waals surface area (Å²) in [4.78, 5) is 16.6. The monoisotopic (exact) mass is 371 g/mol. The van der Waals surface area contributed by atoms with Crippen molar-refractivity contribution in [3.05, 3.63) is 65.5 Å². The first-order valence-electron chi connectivity index (χ1n) is 9.20. The van der Waals surface area contributed by atoms with Crippen LogP contribution in [-0.4, -0.2) is 49.0 Å². The molecular weight excluding hydrogens is 345 g/mol. The number of benzene rings is 2. The van der Waals surface area contributed by atoms with Gasteiger partial charge in [-0.2, -0.15) is 0 Å². The highest BCUT2D eigenvalue weighted by Gasteiger charge is 2.23. The van der Waals surface area contributed by atoms with Gasteiger partial charge in [-0.1, -0.05) is 36.4 Å². The van der Waals surface area contributed by atoms with Gasteiger partial charge in [-0.15, -0.1) is 0 Å². The van der Waals surface area contributed by atoms with Crippen LogP contribution in [0.15, 0.2) is 48.5 Å². The van der Waals surface area contributed by atoms with Gasteiger partial charge in [0.05, 0.1) is 7.11 Å². The quantitative estimate of drug-likeness (QED) is 0.848. The van der Waals surface area contributed by atoms with Crippen LogP contribution < -0.4 is 10.5 Å². The summed E-state index contributed by atoms with van der Waals surface area (Å²) in [5, 5.41) is 0. The van der Waals surface area contributed by atoms with E-state index in [-0.39, 0.29) is 23.5 Å². The number of hydrogen-bond acceptors (Lipinski definition) is 4. The molecule has 1 aliphatic heterocycles. The first-order chi connectivity index (χ1) is 13.1. The van der Waals surface area contributed by atoms with E-state index in [0.717, 1.165) is 24.2 Å². The zero-order chi connectivity index (χ0) is 19.2. The second kappa shape index (κ2) is 8.97. The third-order valence-electron chi connectivity index (χ3n) is 4.97. The average molecular weight is 371 g/mol. The van der Waals surface area contributed by atoms with Crippen LogP contribution in [0.5, 0.6) is 5.75 Å². The Morgan fingerprint density at radius 2 is 1.85 bits per heavy atom. The van der Waals surface area contributed by atoms with Crippen LogP contribution in [0.3, 0.4) is 0 Å². The highest BCUT2D eigenvalue weighted by Crippen LogP contribution is 2.20. The van der Waals surface area contributed by atoms with Gasteiger partial charge in [0.15, 0.2) is 11.6 Å². The molecule has 1 fully saturated rings. The van der Waals surface area contributed by atoms with E-state index >= 15 is 0 Å². The first-order valence-corrected chi connectivity index (χ1v) is 9.20. The van der Waals surface area contributed by atoms with Crippen LogP contribution in [0, 0.1) is 5.82 Å². The maximum atomic E-state index is 13.8. The minimum atomic E-state index is -0.348. The van der Waals surface area contributed by atoms with Gasteiger partial charge in [-0.25, -0.2) is 4.39 Å². The summed E-state index contributed by atoms with van der Waals surface area (Å²) >= 11 is 0. The summed E-state index contributed by atoms with van der Waals surface area (Å²) in [5.41, 5.74) is 8.05. The van der Waals surface area contributed by atoms with Gasteiger partial charge in [0.2, 0.25) is 5.91 Å². The number of piperazine rings is 1. The number of carbonyl (C=O) groups is 1. The Morgan fingerprint density at radius 1 is 1.15 bits per heavy atom. The molecule has 144 valence electrons. The zero-order valence-corrected chi connectivity index (χ0v) is 15.6. The number of nitrogens with two attached hydrogens (primary N) is 1. The number of hydrogen-bond donors (Lipinski definition) is 1. The summed E-state index contributed by atoms with van der Waals surface area (Å²) < 4.78 is 18.8. The predicted octanol–water partition coefficient (Wildman–Crippen LogP) is 2.57. The van der Waals surface area contributed by atoms with Crippen molar-refractivity contribution in [2.75, 3.05) is 33.3 Å². The van der Waals surface area contributed by atoms with Crippen molar-refractivity contribution in [3.8, 4) is 5.75 Å². The van der Waals surface area contributed by atoms with Crippen LogP contribution in [-0.2, 0) is 11.3 Å². The number of nitrogens with zero attached hydrogens (tertiary/aromatic N) is 2. The number of methoxy groups -OCH3 is 1. The number of halogens is 1. The minimum Gasteiger partial charge on any atom is -0.494 e. The van der Waals surface area contributed by atoms with Gasteiger partial charge < -0.3 is 15.4 Å². The Hall–Kier alpha value is -2.44. The molecule has 1 amide bonds. The molecule has 27 heavy (non-hydrogen) atoms. The van der Waals surface area contributed by atoms with E-state index in [2.05, 4.69) is 4.90 Å². The summed E-state index contributed by atoms with van der Waals surface area (Å²) in [6.07, 6.45) is 0.313. The van der Waals surface area contributed by atoms with Gasteiger partial charge in [0.1, 0.15) is 0 Å². The lowest BCUT2D eigenvalue weighted by molar-refractivity contribution is -0.133. The molecule has 6 heteroatoms. The molecular formula is C21H26FN3O2. The standard InChI is InChI=1S/C21H26FN3O2/c1-27-20-8-7-16(13-18(20)22)15-24-9-11-25(12-10-24)21(26)14-19(23)17-5-3-2-4-6-17/h2-8,13,19H,9-12,14-15,23H2,1H3. The van der Waals surface area contributed by atoms with E-state index in [0.29, 0.717) is 26.1 Å². The van der Waals surface area contributed by atoms with Gasteiger partial charge >= 0.3 is 0 Å². The average Bonchev–Trinajstić information content (AvgIpc) is 2.69. The Morgan fingerprint density at radius 3 is 2.48 bits per heavy atom. The molecule has 1 aliphatic rings. The summed E-state index contributed by atoms with van der Waals surface area (Å²) in [5.74, 6) is -0.0101. The third-order valence-corrected chi connectivity index (χ3v) is 4.97. The second-order valence-corrected chi connectivity index (χ2v) is 6.85. The minimum absolute atomic E-state index is 0.0847. The van der Waals surface area contributed by atoms with Gasteiger partial charge in [-0.05, 0) is 23.3 Å². The van der Waals surface area contributed by atoms with Gasteiger partial charge in [-0.3, -0.25) is 9.69 Å². The number of ether oxygens (including phenoxy) is 1. The van der Waals surface area contributed by atoms with Crippen LogP contribution >= 0.6 is 0 Å². The van der Waals surface area contributed by atoms with Crippen molar-refractivity contribution in [2.24, 2.45) is 5.73 Å². The van der Waals surface area contributed by atoms with E-state index in [1.807, 2.05) is 41.3 Å². The molecule has 3 rings (SSSR count). The molecule has 2 aromatic carbocycles. The van der Waals surface area contributed by atoms with Crippen molar-refractivity contribution in [1.29, 1.82) is 0 Å². The molecule has 0 aliphatic carbocycles. The van der Waals surface area contributed by atoms with E-state index in [9.17, 15) is 9.18 Å². The number of carbonyl (C=O) groups excluding carboxylic acids is 1. The normalized spacial score (nSPS) is 16.2. The van der Waals surface area contributed by atoms with E-state index in [1.165, 1.54) is 13.2 Å². The molecule has 1 unspecified atom stereocenters. The molecule has 2 aromatic rings. The van der Waals surface area contributed by atoms with E-state index in [1.54, 1.807) is 6.07 Å². The van der Waals surface area contributed by atoms with Crippen molar-refractivity contribution < 1.29 is 13.9 Å². The van der Waals surface area contributed by atoms with Gasteiger partial charge in [0, 0.05) is 45.2 Å². The Balaban J connectivity index is 1.48. The Labute approximate surface area is 159 Å². The molecule has 5 nitrogen and oxygen atoms in total. The molecule has 0 bridgehead atoms. The van der Waals surface area contributed by atoms with Gasteiger partial charge in [0.25, 0.3) is 0 Å². The maximum Gasteiger partial charge on any atom is 0.224 e. The van der Waals surface area contributed by atoms with Crippen LogP contribution in [0.4, 0.5) is 4.39 Å². The molecule has 1 atom stereocenters. The molecule has 0 aromatic heterocycles. The Kier molecular flexibility index (Phi) is 6.42. The fraction of sp³-hybridized carbons (Fsp3) is 0.381. The molecule has 0 spiro atoms. The largest absolute Gasteiger partial charge is 0.494 e. The second-order valence-electron chi connectivity index (χ2n) is 6.85. The lowest BCUT2D eigenvalue weighted by Crippen LogP contribution is -2.48. The predicted molar refractivity (Wildman–Crippen MR) is 103 cm³/mol. The molecule has 2 N–H and O–H groups in total. The van der Waals surface area contributed by atoms with Crippen molar-refractivity contribution in [2.45, 2.75) is 19.0 Å². The van der Waals surface area contributed by atoms with Crippen LogP contribution in [0.25, 0.3) is 0 Å². The van der Waals surface area contributed by atoms with Crippen molar-refractivity contribution in [3.63, 3.8) is 0 Å². The lowest BCUT2D eigenvalue weighted by atomic mass is 10.0. The van der Waals surface area contributed by atoms with Crippen LogP contribution in [0.2, 0.25) is 0 Å². The summed E-state index contributed by atoms with van der Waals surface area (Å²) in [6, 6.07) is 14.4. The fourth-order valence-corrected chi connectivity index (χ4v) is 3.36. The molecule has 1 saturated heterocycles. The highest BCUT2D eigenvalue weighted by atomic mass is 19.1. The maximum absolute atomic E-state index is 13.8. The highest BCUT2D eigenvalue weighted by molar-refractivity contribution is 5.77. The molecule has 0 saturated carbocycles. The van der Waals surface area contributed by atoms with Crippen molar-refractivity contribution in [1.82, 2.24) is 9.80 Å². The molecule has 0 radical (unpaired) electrons. The topological polar surface area (TPSA) is 58.8 Å². The van der Waals surface area contributed by atoms with Crippen LogP contribution in [0.1, 0.15) is 23.6 Å². The Bertz CT molecular complexity index is 761. The third kappa shape index (κ3) is 5.05. The molecule has 1 heterocycles. The number of rotatable bonds is 6. The zero-order valence-electron chi connectivity index (χ0n) is 15.6. The fourth-order valence-electron chi connectivity index (χ4n) is 3.36. The summed E-state index contributed by atoms with van der Waals surface area (Å²) in [6.45, 7) is 3.52. The SMILES string of the molecule is COc1ccc(CN2CCN(C(=O)CC(N)c3ccccc3)CC2)cc1F.